The lowest BCUT2D eigenvalue weighted by atomic mass is 9.68. The zero-order chi connectivity index (χ0) is 19.8. The van der Waals surface area contributed by atoms with Crippen LogP contribution >= 0.6 is 0 Å². The summed E-state index contributed by atoms with van der Waals surface area (Å²) in [6.07, 6.45) is 11.8. The molecule has 4 atom stereocenters. The number of hydrogen-bond acceptors (Lipinski definition) is 3. The SMILES string of the molecule is COc1ccc(CCC(=O)N2CCCC3=CC4CC(CN5CCCCC45)C32)cc1. The minimum Gasteiger partial charge on any atom is -0.497 e. The molecule has 3 aliphatic heterocycles. The van der Waals surface area contributed by atoms with Gasteiger partial charge in [-0.05, 0) is 74.6 Å². The molecule has 4 aliphatic rings. The van der Waals surface area contributed by atoms with E-state index in [1.165, 1.54) is 50.8 Å². The van der Waals surface area contributed by atoms with Crippen LogP contribution in [0.25, 0.3) is 0 Å². The monoisotopic (exact) mass is 394 g/mol. The van der Waals surface area contributed by atoms with E-state index >= 15 is 0 Å². The first-order valence-electron chi connectivity index (χ1n) is 11.6. The van der Waals surface area contributed by atoms with Crippen LogP contribution in [0.5, 0.6) is 5.75 Å². The molecule has 3 fully saturated rings. The first kappa shape index (κ1) is 19.2. The molecule has 0 aromatic heterocycles. The highest BCUT2D eigenvalue weighted by atomic mass is 16.5. The number of aryl methyl sites for hydroxylation is 1. The van der Waals surface area contributed by atoms with E-state index in [-0.39, 0.29) is 0 Å². The van der Waals surface area contributed by atoms with Gasteiger partial charge in [-0.3, -0.25) is 9.69 Å². The summed E-state index contributed by atoms with van der Waals surface area (Å²) in [7, 11) is 1.69. The highest BCUT2D eigenvalue weighted by Gasteiger charge is 2.46. The van der Waals surface area contributed by atoms with Crippen molar-refractivity contribution >= 4 is 5.91 Å². The fraction of sp³-hybridized carbons (Fsp3) is 0.640. The van der Waals surface area contributed by atoms with E-state index in [0.29, 0.717) is 24.3 Å². The van der Waals surface area contributed by atoms with Crippen molar-refractivity contribution < 1.29 is 9.53 Å². The largest absolute Gasteiger partial charge is 0.497 e. The molecule has 1 aliphatic carbocycles. The third-order valence-electron chi connectivity index (χ3n) is 7.76. The van der Waals surface area contributed by atoms with Crippen molar-refractivity contribution in [3.63, 3.8) is 0 Å². The Hall–Kier alpha value is -1.81. The van der Waals surface area contributed by atoms with Crippen molar-refractivity contribution in [2.45, 2.75) is 63.5 Å². The van der Waals surface area contributed by atoms with E-state index in [2.05, 4.69) is 28.0 Å². The van der Waals surface area contributed by atoms with Crippen molar-refractivity contribution in [2.75, 3.05) is 26.7 Å². The summed E-state index contributed by atoms with van der Waals surface area (Å²) >= 11 is 0. The van der Waals surface area contributed by atoms with Crippen LogP contribution in [0.4, 0.5) is 0 Å². The molecule has 4 nitrogen and oxygen atoms in total. The van der Waals surface area contributed by atoms with Gasteiger partial charge in [0.1, 0.15) is 5.75 Å². The van der Waals surface area contributed by atoms with Gasteiger partial charge < -0.3 is 9.64 Å². The fourth-order valence-corrected chi connectivity index (χ4v) is 6.44. The van der Waals surface area contributed by atoms with Crippen molar-refractivity contribution in [3.05, 3.63) is 41.5 Å². The van der Waals surface area contributed by atoms with Crippen LogP contribution in [-0.4, -0.2) is 54.5 Å². The van der Waals surface area contributed by atoms with E-state index in [1.54, 1.807) is 12.7 Å². The number of hydrogen-bond donors (Lipinski definition) is 0. The molecule has 3 heterocycles. The molecule has 5 rings (SSSR count). The summed E-state index contributed by atoms with van der Waals surface area (Å²) in [5.41, 5.74) is 2.80. The Morgan fingerprint density at radius 3 is 2.83 bits per heavy atom. The topological polar surface area (TPSA) is 32.8 Å². The van der Waals surface area contributed by atoms with Crippen molar-refractivity contribution in [3.8, 4) is 5.75 Å². The van der Waals surface area contributed by atoms with Crippen molar-refractivity contribution in [1.82, 2.24) is 9.80 Å². The Balaban J connectivity index is 1.29. The van der Waals surface area contributed by atoms with Crippen LogP contribution in [0, 0.1) is 11.8 Å². The van der Waals surface area contributed by atoms with Crippen LogP contribution in [0.15, 0.2) is 35.9 Å². The van der Waals surface area contributed by atoms with E-state index in [4.69, 9.17) is 4.74 Å². The van der Waals surface area contributed by atoms with Gasteiger partial charge in [0.25, 0.3) is 0 Å². The number of nitrogens with zero attached hydrogens (tertiary/aromatic N) is 2. The Morgan fingerprint density at radius 2 is 2.00 bits per heavy atom. The highest BCUT2D eigenvalue weighted by Crippen LogP contribution is 2.45. The number of rotatable bonds is 4. The molecule has 2 bridgehead atoms. The van der Waals surface area contributed by atoms with E-state index in [1.807, 2.05) is 12.1 Å². The lowest BCUT2D eigenvalue weighted by Crippen LogP contribution is -2.60. The first-order valence-corrected chi connectivity index (χ1v) is 11.6. The summed E-state index contributed by atoms with van der Waals surface area (Å²) < 4.78 is 5.24. The highest BCUT2D eigenvalue weighted by molar-refractivity contribution is 5.77. The zero-order valence-corrected chi connectivity index (χ0v) is 17.7. The zero-order valence-electron chi connectivity index (χ0n) is 17.7. The molecular formula is C25H34N2O2. The number of benzene rings is 1. The molecule has 156 valence electrons. The smallest absolute Gasteiger partial charge is 0.223 e. The van der Waals surface area contributed by atoms with Crippen LogP contribution in [0.2, 0.25) is 0 Å². The van der Waals surface area contributed by atoms with Gasteiger partial charge in [0.2, 0.25) is 5.91 Å². The van der Waals surface area contributed by atoms with Crippen LogP contribution in [-0.2, 0) is 11.2 Å². The van der Waals surface area contributed by atoms with Gasteiger partial charge in [0, 0.05) is 25.6 Å². The number of fused-ring (bicyclic) bond motifs is 6. The number of likely N-dealkylation sites (tertiary alicyclic amines) is 1. The second-order valence-corrected chi connectivity index (χ2v) is 9.44. The quantitative estimate of drug-likeness (QED) is 0.723. The molecule has 1 aromatic rings. The number of ether oxygens (including phenoxy) is 1. The summed E-state index contributed by atoms with van der Waals surface area (Å²) in [6.45, 7) is 3.40. The summed E-state index contributed by atoms with van der Waals surface area (Å²) in [5, 5.41) is 0. The van der Waals surface area contributed by atoms with Crippen LogP contribution in [0.1, 0.15) is 50.5 Å². The number of carbonyl (C=O) groups excluding carboxylic acids is 1. The summed E-state index contributed by atoms with van der Waals surface area (Å²) in [6, 6.07) is 9.27. The van der Waals surface area contributed by atoms with Gasteiger partial charge in [-0.2, -0.15) is 0 Å². The second-order valence-electron chi connectivity index (χ2n) is 9.44. The predicted octanol–water partition coefficient (Wildman–Crippen LogP) is 4.05. The normalized spacial score (nSPS) is 31.5. The number of amides is 1. The lowest BCUT2D eigenvalue weighted by Gasteiger charge is -2.54. The molecule has 0 radical (unpaired) electrons. The number of piperidine rings is 3. The van der Waals surface area contributed by atoms with E-state index in [9.17, 15) is 4.79 Å². The Bertz CT molecular complexity index is 772. The van der Waals surface area contributed by atoms with E-state index in [0.717, 1.165) is 37.1 Å². The van der Waals surface area contributed by atoms with Crippen LogP contribution in [0.3, 0.4) is 0 Å². The average Bonchev–Trinajstić information content (AvgIpc) is 2.77. The van der Waals surface area contributed by atoms with Crippen molar-refractivity contribution in [1.29, 1.82) is 0 Å². The number of methoxy groups -OCH3 is 1. The maximum absolute atomic E-state index is 13.3. The molecule has 4 heteroatoms. The first-order chi connectivity index (χ1) is 14.2. The third-order valence-corrected chi connectivity index (χ3v) is 7.76. The maximum atomic E-state index is 13.3. The number of carbonyl (C=O) groups is 1. The van der Waals surface area contributed by atoms with Gasteiger partial charge >= 0.3 is 0 Å². The molecule has 4 unspecified atom stereocenters. The van der Waals surface area contributed by atoms with Gasteiger partial charge in [-0.1, -0.05) is 30.2 Å². The Kier molecular flexibility index (Phi) is 5.38. The van der Waals surface area contributed by atoms with Crippen LogP contribution < -0.4 is 4.74 Å². The standard InChI is InChI=1S/C25H34N2O2/c1-29-22-10-7-18(8-11-22)9-12-24(28)27-14-4-5-19-15-20-16-21(25(19)27)17-26-13-3-2-6-23(20)26/h7-8,10-11,15,20-21,23,25H,2-6,9,12-14,16-17H2,1H3. The Morgan fingerprint density at radius 1 is 1.14 bits per heavy atom. The van der Waals surface area contributed by atoms with Crippen molar-refractivity contribution in [2.24, 2.45) is 11.8 Å². The Labute approximate surface area is 174 Å². The third kappa shape index (κ3) is 3.72. The molecule has 0 saturated carbocycles. The minimum atomic E-state index is 0.343. The molecule has 0 spiro atoms. The predicted molar refractivity (Wildman–Crippen MR) is 115 cm³/mol. The second kappa shape index (κ2) is 8.14. The van der Waals surface area contributed by atoms with Gasteiger partial charge in [0.15, 0.2) is 0 Å². The fourth-order valence-electron chi connectivity index (χ4n) is 6.44. The van der Waals surface area contributed by atoms with Gasteiger partial charge in [-0.15, -0.1) is 0 Å². The lowest BCUT2D eigenvalue weighted by molar-refractivity contribution is -0.136. The van der Waals surface area contributed by atoms with Gasteiger partial charge in [0.05, 0.1) is 13.2 Å². The maximum Gasteiger partial charge on any atom is 0.223 e. The molecule has 1 aromatic carbocycles. The molecule has 1 amide bonds. The minimum absolute atomic E-state index is 0.343. The van der Waals surface area contributed by atoms with Gasteiger partial charge in [-0.25, -0.2) is 0 Å². The molecule has 3 saturated heterocycles. The molecule has 0 N–H and O–H groups in total. The molecular weight excluding hydrogens is 360 g/mol. The molecule has 29 heavy (non-hydrogen) atoms. The summed E-state index contributed by atoms with van der Waals surface area (Å²) in [4.78, 5) is 18.3. The summed E-state index contributed by atoms with van der Waals surface area (Å²) in [5.74, 6) is 2.58. The average molecular weight is 395 g/mol. The van der Waals surface area contributed by atoms with E-state index < -0.39 is 0 Å².